The quantitative estimate of drug-likeness (QED) is 0.845. The number of carbonyl (C=O) groups is 3. The lowest BCUT2D eigenvalue weighted by Gasteiger charge is -2.21. The summed E-state index contributed by atoms with van der Waals surface area (Å²) >= 11 is 0. The van der Waals surface area contributed by atoms with Crippen molar-refractivity contribution in [1.82, 2.24) is 15.1 Å². The molecule has 0 radical (unpaired) electrons. The van der Waals surface area contributed by atoms with Crippen molar-refractivity contribution in [3.63, 3.8) is 0 Å². The molecule has 2 fully saturated rings. The second-order valence-corrected chi connectivity index (χ2v) is 6.13. The molecule has 3 rings (SSSR count). The highest BCUT2D eigenvalue weighted by Crippen LogP contribution is 2.19. The monoisotopic (exact) mass is 315 g/mol. The second kappa shape index (κ2) is 6.40. The van der Waals surface area contributed by atoms with Gasteiger partial charge in [0.05, 0.1) is 12.6 Å². The van der Waals surface area contributed by atoms with Crippen LogP contribution in [0.2, 0.25) is 0 Å². The van der Waals surface area contributed by atoms with E-state index in [4.69, 9.17) is 0 Å². The zero-order valence-electron chi connectivity index (χ0n) is 13.2. The van der Waals surface area contributed by atoms with Gasteiger partial charge in [0.25, 0.3) is 0 Å². The molecule has 0 aliphatic carbocycles. The maximum absolute atomic E-state index is 12.4. The van der Waals surface area contributed by atoms with Gasteiger partial charge < -0.3 is 10.2 Å². The molecule has 2 aliphatic rings. The number of nitrogens with one attached hydrogen (secondary N) is 1. The number of nitrogens with zero attached hydrogens (tertiary/aromatic N) is 2. The first-order chi connectivity index (χ1) is 11.1. The third-order valence-electron chi connectivity index (χ3n) is 4.63. The summed E-state index contributed by atoms with van der Waals surface area (Å²) in [7, 11) is 0. The molecule has 2 heterocycles. The van der Waals surface area contributed by atoms with Crippen molar-refractivity contribution in [3.05, 3.63) is 35.4 Å². The summed E-state index contributed by atoms with van der Waals surface area (Å²) in [5.41, 5.74) is 2.38. The standard InChI is InChI=1S/C17H21N3O3/c1-12-4-2-3-5-13(12)6-7-15(21)19-9-8-14(11-19)20-16(22)10-18-17(20)23/h2-5,14H,6-11H2,1H3,(H,18,23). The van der Waals surface area contributed by atoms with Crippen LogP contribution < -0.4 is 5.32 Å². The first-order valence-corrected chi connectivity index (χ1v) is 7.98. The van der Waals surface area contributed by atoms with Crippen molar-refractivity contribution in [2.45, 2.75) is 32.2 Å². The fourth-order valence-corrected chi connectivity index (χ4v) is 3.27. The lowest BCUT2D eigenvalue weighted by atomic mass is 10.0. The average molecular weight is 315 g/mol. The van der Waals surface area contributed by atoms with Crippen molar-refractivity contribution < 1.29 is 14.4 Å². The van der Waals surface area contributed by atoms with Crippen molar-refractivity contribution >= 4 is 17.8 Å². The zero-order valence-corrected chi connectivity index (χ0v) is 13.2. The summed E-state index contributed by atoms with van der Waals surface area (Å²) in [6, 6.07) is 7.54. The number of aryl methyl sites for hydroxylation is 2. The molecule has 6 nitrogen and oxygen atoms in total. The van der Waals surface area contributed by atoms with Gasteiger partial charge in [-0.05, 0) is 30.9 Å². The van der Waals surface area contributed by atoms with E-state index in [-0.39, 0.29) is 30.4 Å². The van der Waals surface area contributed by atoms with Gasteiger partial charge in [-0.25, -0.2) is 4.79 Å². The third-order valence-corrected chi connectivity index (χ3v) is 4.63. The Kier molecular flexibility index (Phi) is 4.32. The fraction of sp³-hybridized carbons (Fsp3) is 0.471. The summed E-state index contributed by atoms with van der Waals surface area (Å²) in [6.07, 6.45) is 1.84. The molecule has 1 aromatic carbocycles. The molecule has 1 aromatic rings. The van der Waals surface area contributed by atoms with Crippen LogP contribution >= 0.6 is 0 Å². The smallest absolute Gasteiger partial charge is 0.324 e. The molecule has 6 heteroatoms. The van der Waals surface area contributed by atoms with E-state index in [2.05, 4.69) is 5.32 Å². The Morgan fingerprint density at radius 1 is 1.30 bits per heavy atom. The van der Waals surface area contributed by atoms with Gasteiger partial charge in [-0.3, -0.25) is 14.5 Å². The summed E-state index contributed by atoms with van der Waals surface area (Å²) in [6.45, 7) is 3.17. The minimum Gasteiger partial charge on any atom is -0.341 e. The summed E-state index contributed by atoms with van der Waals surface area (Å²) < 4.78 is 0. The van der Waals surface area contributed by atoms with E-state index in [0.29, 0.717) is 25.9 Å². The molecule has 4 amide bonds. The van der Waals surface area contributed by atoms with Gasteiger partial charge in [-0.2, -0.15) is 0 Å². The Labute approximate surface area is 135 Å². The van der Waals surface area contributed by atoms with E-state index in [1.54, 1.807) is 4.90 Å². The molecule has 1 atom stereocenters. The molecule has 1 N–H and O–H groups in total. The summed E-state index contributed by atoms with van der Waals surface area (Å²) in [5.74, 6) is -0.114. The summed E-state index contributed by atoms with van der Waals surface area (Å²) in [4.78, 5) is 38.8. The molecule has 0 bridgehead atoms. The van der Waals surface area contributed by atoms with Crippen LogP contribution in [0.1, 0.15) is 24.0 Å². The number of imide groups is 1. The van der Waals surface area contributed by atoms with Gasteiger partial charge in [0.1, 0.15) is 0 Å². The molecule has 23 heavy (non-hydrogen) atoms. The predicted molar refractivity (Wildman–Crippen MR) is 84.7 cm³/mol. The van der Waals surface area contributed by atoms with E-state index < -0.39 is 0 Å². The Balaban J connectivity index is 1.54. The zero-order chi connectivity index (χ0) is 16.4. The van der Waals surface area contributed by atoms with Crippen LogP contribution in [0.15, 0.2) is 24.3 Å². The van der Waals surface area contributed by atoms with Crippen molar-refractivity contribution in [2.75, 3.05) is 19.6 Å². The lowest BCUT2D eigenvalue weighted by Crippen LogP contribution is -2.42. The number of amides is 4. The normalized spacial score (nSPS) is 21.0. The van der Waals surface area contributed by atoms with Crippen LogP contribution in [0.3, 0.4) is 0 Å². The number of carbonyl (C=O) groups excluding carboxylic acids is 3. The van der Waals surface area contributed by atoms with Crippen LogP contribution in [0.5, 0.6) is 0 Å². The number of benzene rings is 1. The molecule has 1 unspecified atom stereocenters. The van der Waals surface area contributed by atoms with Crippen LogP contribution in [0.25, 0.3) is 0 Å². The third kappa shape index (κ3) is 3.21. The highest BCUT2D eigenvalue weighted by molar-refractivity contribution is 6.02. The van der Waals surface area contributed by atoms with Crippen LogP contribution in [-0.2, 0) is 16.0 Å². The molecular formula is C17H21N3O3. The van der Waals surface area contributed by atoms with Gasteiger partial charge in [-0.1, -0.05) is 24.3 Å². The Morgan fingerprint density at radius 2 is 2.09 bits per heavy atom. The lowest BCUT2D eigenvalue weighted by molar-refractivity contribution is -0.131. The van der Waals surface area contributed by atoms with Gasteiger partial charge >= 0.3 is 6.03 Å². The molecule has 0 saturated carbocycles. The minimum atomic E-state index is -0.339. The maximum Gasteiger partial charge on any atom is 0.324 e. The highest BCUT2D eigenvalue weighted by atomic mass is 16.2. The van der Waals surface area contributed by atoms with E-state index >= 15 is 0 Å². The van der Waals surface area contributed by atoms with E-state index in [1.807, 2.05) is 31.2 Å². The molecular weight excluding hydrogens is 294 g/mol. The molecule has 0 aromatic heterocycles. The Morgan fingerprint density at radius 3 is 2.78 bits per heavy atom. The van der Waals surface area contributed by atoms with E-state index in [1.165, 1.54) is 16.0 Å². The predicted octanol–water partition coefficient (Wildman–Crippen LogP) is 1.08. The molecule has 0 spiro atoms. The van der Waals surface area contributed by atoms with Gasteiger partial charge in [0.15, 0.2) is 0 Å². The van der Waals surface area contributed by atoms with Crippen molar-refractivity contribution in [1.29, 1.82) is 0 Å². The number of hydrogen-bond donors (Lipinski definition) is 1. The maximum atomic E-state index is 12.4. The largest absolute Gasteiger partial charge is 0.341 e. The number of hydrogen-bond acceptors (Lipinski definition) is 3. The SMILES string of the molecule is Cc1ccccc1CCC(=O)N1CCC(N2C(=O)CNC2=O)C1. The first-order valence-electron chi connectivity index (χ1n) is 7.98. The number of urea groups is 1. The molecule has 2 saturated heterocycles. The van der Waals surface area contributed by atoms with E-state index in [0.717, 1.165) is 6.42 Å². The highest BCUT2D eigenvalue weighted by Gasteiger charge is 2.39. The number of rotatable bonds is 4. The van der Waals surface area contributed by atoms with Gasteiger partial charge in [0.2, 0.25) is 11.8 Å². The van der Waals surface area contributed by atoms with E-state index in [9.17, 15) is 14.4 Å². The molecule has 2 aliphatic heterocycles. The topological polar surface area (TPSA) is 69.7 Å². The van der Waals surface area contributed by atoms with Crippen LogP contribution in [0.4, 0.5) is 4.79 Å². The van der Waals surface area contributed by atoms with Crippen molar-refractivity contribution in [2.24, 2.45) is 0 Å². The second-order valence-electron chi connectivity index (χ2n) is 6.13. The van der Waals surface area contributed by atoms with Gasteiger partial charge in [0, 0.05) is 19.5 Å². The fourth-order valence-electron chi connectivity index (χ4n) is 3.27. The average Bonchev–Trinajstić information content (AvgIpc) is 3.13. The minimum absolute atomic E-state index is 0.0660. The Hall–Kier alpha value is -2.37. The number of likely N-dealkylation sites (tertiary alicyclic amines) is 1. The molecule has 122 valence electrons. The summed E-state index contributed by atoms with van der Waals surface area (Å²) in [5, 5.41) is 2.53. The van der Waals surface area contributed by atoms with Gasteiger partial charge in [-0.15, -0.1) is 0 Å². The Bertz CT molecular complexity index is 628. The first kappa shape index (κ1) is 15.5. The van der Waals surface area contributed by atoms with Crippen molar-refractivity contribution in [3.8, 4) is 0 Å². The van der Waals surface area contributed by atoms with Crippen LogP contribution in [-0.4, -0.2) is 53.3 Å². The van der Waals surface area contributed by atoms with Crippen LogP contribution in [0, 0.1) is 6.92 Å².